The molecule has 3 nitrogen and oxygen atoms in total. The third-order valence-corrected chi connectivity index (χ3v) is 3.82. The number of nitrogens with zero attached hydrogens (tertiary/aromatic N) is 1. The summed E-state index contributed by atoms with van der Waals surface area (Å²) in [6.07, 6.45) is 2.68. The van der Waals surface area contributed by atoms with Crippen LogP contribution in [0.2, 0.25) is 0 Å². The van der Waals surface area contributed by atoms with Crippen LogP contribution in [-0.2, 0) is 10.8 Å². The lowest BCUT2D eigenvalue weighted by Crippen LogP contribution is -2.19. The van der Waals surface area contributed by atoms with Crippen LogP contribution in [0.5, 0.6) is 0 Å². The van der Waals surface area contributed by atoms with Crippen molar-refractivity contribution in [3.05, 3.63) is 24.4 Å². The first-order valence-electron chi connectivity index (χ1n) is 4.40. The van der Waals surface area contributed by atoms with Crippen LogP contribution >= 0.6 is 12.4 Å². The smallest absolute Gasteiger partial charge is 0.127 e. The maximum atomic E-state index is 11.9. The number of halogens is 1. The summed E-state index contributed by atoms with van der Waals surface area (Å²) in [5, 5.41) is 4.15. The minimum absolute atomic E-state index is 0. The van der Waals surface area contributed by atoms with E-state index in [-0.39, 0.29) is 17.7 Å². The van der Waals surface area contributed by atoms with Crippen molar-refractivity contribution >= 4 is 23.2 Å². The lowest BCUT2D eigenvalue weighted by atomic mass is 10.4. The van der Waals surface area contributed by atoms with Crippen molar-refractivity contribution in [2.24, 2.45) is 0 Å². The number of hydrogen-bond donors (Lipinski definition) is 1. The van der Waals surface area contributed by atoms with E-state index in [4.69, 9.17) is 0 Å². The molecule has 1 aromatic rings. The summed E-state index contributed by atoms with van der Waals surface area (Å²) in [7, 11) is -0.932. The van der Waals surface area contributed by atoms with Gasteiger partial charge in [-0.05, 0) is 25.1 Å². The highest BCUT2D eigenvalue weighted by Crippen LogP contribution is 2.13. The van der Waals surface area contributed by atoms with Gasteiger partial charge in [0.25, 0.3) is 0 Å². The summed E-state index contributed by atoms with van der Waals surface area (Å²) in [5.74, 6) is 0. The molecule has 0 aliphatic carbocycles. The molecule has 1 aliphatic rings. The van der Waals surface area contributed by atoms with E-state index < -0.39 is 10.8 Å². The van der Waals surface area contributed by atoms with Crippen molar-refractivity contribution < 1.29 is 4.21 Å². The predicted molar refractivity (Wildman–Crippen MR) is 59.2 cm³/mol. The molecule has 5 heteroatoms. The topological polar surface area (TPSA) is 42.0 Å². The van der Waals surface area contributed by atoms with Crippen molar-refractivity contribution in [3.8, 4) is 0 Å². The highest BCUT2D eigenvalue weighted by Gasteiger charge is 2.22. The fourth-order valence-electron chi connectivity index (χ4n) is 1.45. The second kappa shape index (κ2) is 5.44. The predicted octanol–water partition coefficient (Wildman–Crippen LogP) is 0.973. The van der Waals surface area contributed by atoms with Gasteiger partial charge in [-0.1, -0.05) is 6.07 Å². The highest BCUT2D eigenvalue weighted by molar-refractivity contribution is 7.85. The molecular formula is C9H13ClN2OS. The molecule has 0 radical (unpaired) electrons. The number of rotatable bonds is 2. The van der Waals surface area contributed by atoms with Crippen molar-refractivity contribution in [3.63, 3.8) is 0 Å². The third-order valence-electron chi connectivity index (χ3n) is 2.16. The Hall–Kier alpha value is -0.450. The Morgan fingerprint density at radius 2 is 2.36 bits per heavy atom. The van der Waals surface area contributed by atoms with Crippen molar-refractivity contribution in [2.45, 2.75) is 16.7 Å². The van der Waals surface area contributed by atoms with Gasteiger partial charge in [0.2, 0.25) is 0 Å². The van der Waals surface area contributed by atoms with Gasteiger partial charge in [-0.15, -0.1) is 12.4 Å². The van der Waals surface area contributed by atoms with E-state index in [0.29, 0.717) is 5.03 Å². The number of aromatic nitrogens is 1. The molecule has 78 valence electrons. The zero-order chi connectivity index (χ0) is 9.10. The fourth-order valence-corrected chi connectivity index (χ4v) is 2.77. The Balaban J connectivity index is 0.000000980. The average molecular weight is 233 g/mol. The van der Waals surface area contributed by atoms with E-state index in [9.17, 15) is 4.21 Å². The number of hydrogen-bond acceptors (Lipinski definition) is 3. The molecule has 0 saturated carbocycles. The van der Waals surface area contributed by atoms with Crippen molar-refractivity contribution in [2.75, 3.05) is 13.1 Å². The molecule has 1 saturated heterocycles. The van der Waals surface area contributed by atoms with E-state index in [1.807, 2.05) is 18.2 Å². The van der Waals surface area contributed by atoms with Gasteiger partial charge in [0.15, 0.2) is 0 Å². The molecule has 2 rings (SSSR count). The van der Waals surface area contributed by atoms with Crippen LogP contribution in [0.25, 0.3) is 0 Å². The maximum absolute atomic E-state index is 11.9. The van der Waals surface area contributed by atoms with Crippen LogP contribution in [0, 0.1) is 0 Å². The summed E-state index contributed by atoms with van der Waals surface area (Å²) in [5.41, 5.74) is 0. The largest absolute Gasteiger partial charge is 0.315 e. The van der Waals surface area contributed by atoms with E-state index in [1.165, 1.54) is 0 Å². The molecule has 0 unspecified atom stereocenters. The Labute approximate surface area is 92.2 Å². The first kappa shape index (κ1) is 11.6. The zero-order valence-corrected chi connectivity index (χ0v) is 9.31. The van der Waals surface area contributed by atoms with Gasteiger partial charge in [0, 0.05) is 12.7 Å². The summed E-state index contributed by atoms with van der Waals surface area (Å²) < 4.78 is 11.9. The molecule has 0 bridgehead atoms. The number of nitrogens with one attached hydrogen (secondary N) is 1. The van der Waals surface area contributed by atoms with Crippen molar-refractivity contribution in [1.82, 2.24) is 10.3 Å². The minimum Gasteiger partial charge on any atom is -0.315 e. The Morgan fingerprint density at radius 1 is 1.50 bits per heavy atom. The van der Waals surface area contributed by atoms with E-state index in [0.717, 1.165) is 19.5 Å². The number of pyridine rings is 1. The van der Waals surface area contributed by atoms with Crippen molar-refractivity contribution in [1.29, 1.82) is 0 Å². The first-order valence-corrected chi connectivity index (χ1v) is 5.61. The Kier molecular flexibility index (Phi) is 4.51. The first-order chi connectivity index (χ1) is 6.38. The van der Waals surface area contributed by atoms with Gasteiger partial charge < -0.3 is 5.32 Å². The molecule has 0 amide bonds. The molecular weight excluding hydrogens is 220 g/mol. The second-order valence-electron chi connectivity index (χ2n) is 3.08. The average Bonchev–Trinajstić information content (AvgIpc) is 2.71. The molecule has 2 atom stereocenters. The van der Waals surface area contributed by atoms with Gasteiger partial charge in [0.1, 0.15) is 5.03 Å². The van der Waals surface area contributed by atoms with Crippen LogP contribution in [0.3, 0.4) is 0 Å². The lowest BCUT2D eigenvalue weighted by Gasteiger charge is -2.06. The standard InChI is InChI=1S/C9H12N2OS.ClH/c12-13(8-4-6-10-7-8)9-3-1-2-5-11-9;/h1-3,5,8,10H,4,6-7H2;1H/t8-,13+;/m1./s1. The fraction of sp³-hybridized carbons (Fsp3) is 0.444. The molecule has 0 spiro atoms. The van der Waals surface area contributed by atoms with E-state index >= 15 is 0 Å². The minimum atomic E-state index is -0.932. The van der Waals surface area contributed by atoms with Gasteiger partial charge in [-0.3, -0.25) is 4.21 Å². The Bertz CT molecular complexity index is 301. The normalized spacial score (nSPS) is 22.7. The van der Waals surface area contributed by atoms with Crippen LogP contribution in [0.4, 0.5) is 0 Å². The van der Waals surface area contributed by atoms with Gasteiger partial charge in [-0.25, -0.2) is 4.98 Å². The summed E-state index contributed by atoms with van der Waals surface area (Å²) in [6, 6.07) is 5.55. The Morgan fingerprint density at radius 3 is 2.93 bits per heavy atom. The van der Waals surface area contributed by atoms with Crippen LogP contribution in [0.15, 0.2) is 29.4 Å². The van der Waals surface area contributed by atoms with Gasteiger partial charge in [-0.2, -0.15) is 0 Å². The van der Waals surface area contributed by atoms with Crippen LogP contribution in [0.1, 0.15) is 6.42 Å². The van der Waals surface area contributed by atoms with Gasteiger partial charge >= 0.3 is 0 Å². The molecule has 2 heterocycles. The van der Waals surface area contributed by atoms with Gasteiger partial charge in [0.05, 0.1) is 16.0 Å². The third kappa shape index (κ3) is 2.53. The van der Waals surface area contributed by atoms with E-state index in [2.05, 4.69) is 10.3 Å². The molecule has 14 heavy (non-hydrogen) atoms. The second-order valence-corrected chi connectivity index (χ2v) is 4.76. The molecule has 1 aromatic heterocycles. The monoisotopic (exact) mass is 232 g/mol. The maximum Gasteiger partial charge on any atom is 0.127 e. The molecule has 1 fully saturated rings. The summed E-state index contributed by atoms with van der Waals surface area (Å²) >= 11 is 0. The van der Waals surface area contributed by atoms with Crippen LogP contribution in [-0.4, -0.2) is 27.5 Å². The highest BCUT2D eigenvalue weighted by atomic mass is 35.5. The lowest BCUT2D eigenvalue weighted by molar-refractivity contribution is 0.669. The molecule has 1 N–H and O–H groups in total. The molecule has 0 aromatic carbocycles. The zero-order valence-electron chi connectivity index (χ0n) is 7.68. The van der Waals surface area contributed by atoms with E-state index in [1.54, 1.807) is 6.20 Å². The summed E-state index contributed by atoms with van der Waals surface area (Å²) in [4.78, 5) is 4.10. The quantitative estimate of drug-likeness (QED) is 0.827. The van der Waals surface area contributed by atoms with Crippen LogP contribution < -0.4 is 5.32 Å². The molecule has 1 aliphatic heterocycles. The summed E-state index contributed by atoms with van der Waals surface area (Å²) in [6.45, 7) is 1.83. The SMILES string of the molecule is Cl.O=[S@](c1ccccn1)[C@@H]1CCNC1.